The molecule has 72 valence electrons. The molecular formula is C4H7N5O3S. The number of nitrogens with two attached hydrogens (primary N) is 2. The zero-order valence-corrected chi connectivity index (χ0v) is 7.13. The predicted octanol–water partition coefficient (Wildman–Crippen LogP) is -2.34. The van der Waals surface area contributed by atoms with E-state index in [-0.39, 0.29) is 5.69 Å². The number of hydrazine groups is 1. The van der Waals surface area contributed by atoms with E-state index in [2.05, 4.69) is 9.97 Å². The summed E-state index contributed by atoms with van der Waals surface area (Å²) < 4.78 is 21.6. The Bertz CT molecular complexity index is 421. The van der Waals surface area contributed by atoms with Gasteiger partial charge in [0, 0.05) is 0 Å². The average Bonchev–Trinajstić information content (AvgIpc) is 2.49. The van der Waals surface area contributed by atoms with Gasteiger partial charge in [0.15, 0.2) is 10.7 Å². The maximum absolute atomic E-state index is 10.9. The number of nitrogens with zero attached hydrogens (tertiary/aromatic N) is 1. The Morgan fingerprint density at radius 3 is 2.69 bits per heavy atom. The van der Waals surface area contributed by atoms with Crippen molar-refractivity contribution in [3.8, 4) is 0 Å². The van der Waals surface area contributed by atoms with Gasteiger partial charge in [0.2, 0.25) is 0 Å². The molecule has 1 heterocycles. The van der Waals surface area contributed by atoms with Gasteiger partial charge in [-0.15, -0.1) is 0 Å². The first-order chi connectivity index (χ1) is 5.96. The van der Waals surface area contributed by atoms with Crippen LogP contribution in [0.25, 0.3) is 0 Å². The molecule has 0 aliphatic carbocycles. The Labute approximate surface area is 73.3 Å². The number of carbonyl (C=O) groups is 1. The zero-order chi connectivity index (χ0) is 10.1. The van der Waals surface area contributed by atoms with Crippen LogP contribution in [0.4, 0.5) is 0 Å². The third-order valence-corrected chi connectivity index (χ3v) is 2.12. The van der Waals surface area contributed by atoms with Crippen LogP contribution in [0.1, 0.15) is 10.5 Å². The van der Waals surface area contributed by atoms with Gasteiger partial charge in [-0.05, 0) is 0 Å². The number of H-pyrrole nitrogens is 1. The number of hydrogen-bond donors (Lipinski definition) is 4. The molecule has 0 fully saturated rings. The van der Waals surface area contributed by atoms with E-state index in [1.54, 1.807) is 5.43 Å². The summed E-state index contributed by atoms with van der Waals surface area (Å²) in [6.45, 7) is 0. The van der Waals surface area contributed by atoms with Crippen molar-refractivity contribution in [3.05, 3.63) is 12.0 Å². The lowest BCUT2D eigenvalue weighted by Crippen LogP contribution is -2.32. The molecule has 13 heavy (non-hydrogen) atoms. The van der Waals surface area contributed by atoms with E-state index in [0.29, 0.717) is 0 Å². The predicted molar refractivity (Wildman–Crippen MR) is 41.6 cm³/mol. The third kappa shape index (κ3) is 1.83. The van der Waals surface area contributed by atoms with Gasteiger partial charge in [0.05, 0.1) is 6.33 Å². The molecule has 9 heteroatoms. The topological polar surface area (TPSA) is 144 Å². The van der Waals surface area contributed by atoms with Crippen LogP contribution in [0.15, 0.2) is 11.4 Å². The van der Waals surface area contributed by atoms with Crippen molar-refractivity contribution >= 4 is 15.9 Å². The van der Waals surface area contributed by atoms with Crippen molar-refractivity contribution in [3.63, 3.8) is 0 Å². The first-order valence-electron chi connectivity index (χ1n) is 3.04. The number of nitrogen functional groups attached to an aromatic ring is 1. The number of rotatable bonds is 2. The van der Waals surface area contributed by atoms with E-state index < -0.39 is 21.0 Å². The number of primary sulfonamides is 1. The Morgan fingerprint density at radius 2 is 2.23 bits per heavy atom. The minimum atomic E-state index is -3.98. The Hall–Kier alpha value is -1.45. The third-order valence-electron chi connectivity index (χ3n) is 1.24. The monoisotopic (exact) mass is 205 g/mol. The fourth-order valence-electron chi connectivity index (χ4n) is 0.729. The maximum atomic E-state index is 10.9. The summed E-state index contributed by atoms with van der Waals surface area (Å²) in [6, 6.07) is 0. The lowest BCUT2D eigenvalue weighted by atomic mass is 10.5. The Balaban J connectivity index is 3.26. The molecule has 0 aliphatic rings. The maximum Gasteiger partial charge on any atom is 0.286 e. The average molecular weight is 205 g/mol. The van der Waals surface area contributed by atoms with Crippen LogP contribution in [0.3, 0.4) is 0 Å². The summed E-state index contributed by atoms with van der Waals surface area (Å²) in [5.41, 5.74) is 1.38. The fraction of sp³-hybridized carbons (Fsp3) is 0. The highest BCUT2D eigenvalue weighted by molar-refractivity contribution is 7.89. The minimum Gasteiger partial charge on any atom is -0.334 e. The van der Waals surface area contributed by atoms with Gasteiger partial charge in [0.25, 0.3) is 15.9 Å². The first-order valence-corrected chi connectivity index (χ1v) is 4.58. The molecule has 0 aliphatic heterocycles. The van der Waals surface area contributed by atoms with Gasteiger partial charge in [0.1, 0.15) is 0 Å². The summed E-state index contributed by atoms with van der Waals surface area (Å²) in [6.07, 6.45) is 1.03. The van der Waals surface area contributed by atoms with Crippen molar-refractivity contribution in [2.75, 3.05) is 0 Å². The smallest absolute Gasteiger partial charge is 0.286 e. The molecule has 1 aromatic rings. The van der Waals surface area contributed by atoms with Crippen LogP contribution >= 0.6 is 0 Å². The normalized spacial score (nSPS) is 11.2. The highest BCUT2D eigenvalue weighted by Gasteiger charge is 2.21. The molecule has 1 aromatic heterocycles. The SMILES string of the molecule is NNC(=O)c1nc[nH]c1S(N)(=O)=O. The molecule has 1 rings (SSSR count). The number of aromatic amines is 1. The molecule has 0 bridgehead atoms. The molecule has 0 saturated carbocycles. The number of aromatic nitrogens is 2. The fourth-order valence-corrected chi connectivity index (χ4v) is 1.36. The lowest BCUT2D eigenvalue weighted by molar-refractivity contribution is 0.0945. The zero-order valence-electron chi connectivity index (χ0n) is 6.31. The summed E-state index contributed by atoms with van der Waals surface area (Å²) >= 11 is 0. The quantitative estimate of drug-likeness (QED) is 0.243. The van der Waals surface area contributed by atoms with Crippen LogP contribution in [0.5, 0.6) is 0 Å². The molecule has 0 atom stereocenters. The Morgan fingerprint density at radius 1 is 1.62 bits per heavy atom. The second-order valence-corrected chi connectivity index (χ2v) is 3.60. The van der Waals surface area contributed by atoms with Crippen LogP contribution in [-0.2, 0) is 10.0 Å². The summed E-state index contributed by atoms with van der Waals surface area (Å²) in [7, 11) is -3.98. The number of hydrogen-bond acceptors (Lipinski definition) is 5. The number of amides is 1. The van der Waals surface area contributed by atoms with E-state index in [0.717, 1.165) is 6.33 Å². The van der Waals surface area contributed by atoms with Crippen molar-refractivity contribution < 1.29 is 13.2 Å². The van der Waals surface area contributed by atoms with E-state index >= 15 is 0 Å². The van der Waals surface area contributed by atoms with Gasteiger partial charge in [-0.2, -0.15) is 0 Å². The number of nitrogens with one attached hydrogen (secondary N) is 2. The van der Waals surface area contributed by atoms with Crippen LogP contribution in [0, 0.1) is 0 Å². The molecule has 0 spiro atoms. The van der Waals surface area contributed by atoms with Crippen molar-refractivity contribution in [2.24, 2.45) is 11.0 Å². The van der Waals surface area contributed by atoms with Gasteiger partial charge < -0.3 is 4.98 Å². The Kier molecular flexibility index (Phi) is 2.32. The van der Waals surface area contributed by atoms with E-state index in [4.69, 9.17) is 11.0 Å². The highest BCUT2D eigenvalue weighted by atomic mass is 32.2. The molecule has 6 N–H and O–H groups in total. The van der Waals surface area contributed by atoms with Crippen LogP contribution in [-0.4, -0.2) is 24.3 Å². The minimum absolute atomic E-state index is 0.356. The molecule has 1 amide bonds. The second-order valence-electron chi connectivity index (χ2n) is 2.10. The highest BCUT2D eigenvalue weighted by Crippen LogP contribution is 2.07. The number of imidazole rings is 1. The van der Waals surface area contributed by atoms with Gasteiger partial charge >= 0.3 is 0 Å². The van der Waals surface area contributed by atoms with Gasteiger partial charge in [-0.25, -0.2) is 24.4 Å². The molecule has 0 unspecified atom stereocenters. The van der Waals surface area contributed by atoms with Crippen LogP contribution < -0.4 is 16.4 Å². The van der Waals surface area contributed by atoms with Crippen molar-refractivity contribution in [2.45, 2.75) is 5.03 Å². The van der Waals surface area contributed by atoms with Crippen molar-refractivity contribution in [1.82, 2.24) is 15.4 Å². The summed E-state index contributed by atoms with van der Waals surface area (Å²) in [5.74, 6) is 3.96. The molecule has 8 nitrogen and oxygen atoms in total. The number of sulfonamides is 1. The van der Waals surface area contributed by atoms with Gasteiger partial charge in [-0.1, -0.05) is 0 Å². The molecule has 0 saturated heterocycles. The summed E-state index contributed by atoms with van der Waals surface area (Å²) in [4.78, 5) is 16.6. The molecule has 0 radical (unpaired) electrons. The first kappa shape index (κ1) is 9.64. The second kappa shape index (κ2) is 3.12. The van der Waals surface area contributed by atoms with E-state index in [1.165, 1.54) is 0 Å². The van der Waals surface area contributed by atoms with E-state index in [1.807, 2.05) is 0 Å². The number of carbonyl (C=O) groups excluding carboxylic acids is 1. The summed E-state index contributed by atoms with van der Waals surface area (Å²) in [5, 5.41) is 4.31. The van der Waals surface area contributed by atoms with Crippen molar-refractivity contribution in [1.29, 1.82) is 0 Å². The van der Waals surface area contributed by atoms with Gasteiger partial charge in [-0.3, -0.25) is 10.2 Å². The molecule has 0 aromatic carbocycles. The molecular weight excluding hydrogens is 198 g/mol. The largest absolute Gasteiger partial charge is 0.334 e. The van der Waals surface area contributed by atoms with E-state index in [9.17, 15) is 13.2 Å². The van der Waals surface area contributed by atoms with Crippen LogP contribution in [0.2, 0.25) is 0 Å². The lowest BCUT2D eigenvalue weighted by Gasteiger charge is -1.97. The standard InChI is InChI=1S/C4H7N5O3S/c5-9-3(10)2-4(8-1-7-2)13(6,11)12/h1H,5H2,(H,7,8)(H,9,10)(H2,6,11,12).